The Balaban J connectivity index is 2.24. The molecular formula is C26H45N5O6. The number of hydrogen-bond donors (Lipinski definition) is 4. The van der Waals surface area contributed by atoms with Crippen molar-refractivity contribution in [1.29, 1.82) is 0 Å². The third kappa shape index (κ3) is 9.94. The molecule has 0 radical (unpaired) electrons. The molecule has 2 aliphatic rings. The van der Waals surface area contributed by atoms with Gasteiger partial charge >= 0.3 is 0 Å². The molecule has 4 N–H and O–H groups in total. The molecule has 0 spiro atoms. The summed E-state index contributed by atoms with van der Waals surface area (Å²) in [6.07, 6.45) is 7.35. The van der Waals surface area contributed by atoms with Crippen LogP contribution in [-0.4, -0.2) is 85.9 Å². The van der Waals surface area contributed by atoms with Crippen LogP contribution in [0.15, 0.2) is 0 Å². The van der Waals surface area contributed by atoms with Gasteiger partial charge in [-0.3, -0.25) is 24.0 Å². The van der Waals surface area contributed by atoms with E-state index in [2.05, 4.69) is 21.3 Å². The fraction of sp³-hybridized carbons (Fsp3) is 0.808. The molecule has 1 saturated carbocycles. The summed E-state index contributed by atoms with van der Waals surface area (Å²) in [5.74, 6) is -2.32. The highest BCUT2D eigenvalue weighted by Gasteiger charge is 2.33. The number of nitrogens with zero attached hydrogens (tertiary/aromatic N) is 1. The lowest BCUT2D eigenvalue weighted by Gasteiger charge is -2.34. The molecule has 11 nitrogen and oxygen atoms in total. The summed E-state index contributed by atoms with van der Waals surface area (Å²) in [5.41, 5.74) is 0. The highest BCUT2D eigenvalue weighted by Crippen LogP contribution is 2.29. The van der Waals surface area contributed by atoms with Gasteiger partial charge in [-0.25, -0.2) is 0 Å². The quantitative estimate of drug-likeness (QED) is 0.396. The molecule has 4 unspecified atom stereocenters. The van der Waals surface area contributed by atoms with Crippen molar-refractivity contribution >= 4 is 29.5 Å². The lowest BCUT2D eigenvalue weighted by molar-refractivity contribution is -0.145. The Morgan fingerprint density at radius 2 is 1.41 bits per heavy atom. The first-order chi connectivity index (χ1) is 17.6. The molecule has 0 bridgehead atoms. The van der Waals surface area contributed by atoms with Crippen molar-refractivity contribution in [2.45, 2.75) is 90.3 Å². The highest BCUT2D eigenvalue weighted by atomic mass is 16.5. The topological polar surface area (TPSA) is 146 Å². The van der Waals surface area contributed by atoms with Crippen LogP contribution in [0, 0.1) is 11.8 Å². The zero-order valence-corrected chi connectivity index (χ0v) is 22.8. The number of ether oxygens (including phenoxy) is 1. The lowest BCUT2D eigenvalue weighted by atomic mass is 9.89. The Morgan fingerprint density at radius 3 is 2.00 bits per heavy atom. The molecule has 0 aromatic carbocycles. The van der Waals surface area contributed by atoms with Crippen LogP contribution in [0.25, 0.3) is 0 Å². The summed E-state index contributed by atoms with van der Waals surface area (Å²) in [5, 5.41) is 10.4. The van der Waals surface area contributed by atoms with Crippen molar-refractivity contribution in [2.24, 2.45) is 11.8 Å². The van der Waals surface area contributed by atoms with Gasteiger partial charge in [0.05, 0.1) is 44.3 Å². The summed E-state index contributed by atoms with van der Waals surface area (Å²) >= 11 is 0. The molecule has 1 heterocycles. The average Bonchev–Trinajstić information content (AvgIpc) is 3.16. The summed E-state index contributed by atoms with van der Waals surface area (Å²) in [6.45, 7) is 4.87. The first-order valence-electron chi connectivity index (χ1n) is 13.6. The predicted octanol–water partition coefficient (Wildman–Crippen LogP) is 0.472. The van der Waals surface area contributed by atoms with E-state index in [0.29, 0.717) is 12.8 Å². The third-order valence-electron chi connectivity index (χ3n) is 7.20. The molecule has 5 amide bonds. The van der Waals surface area contributed by atoms with Gasteiger partial charge in [0.25, 0.3) is 0 Å². The van der Waals surface area contributed by atoms with Gasteiger partial charge in [-0.05, 0) is 32.1 Å². The van der Waals surface area contributed by atoms with E-state index in [9.17, 15) is 24.0 Å². The van der Waals surface area contributed by atoms with Gasteiger partial charge in [0.2, 0.25) is 29.5 Å². The van der Waals surface area contributed by atoms with Crippen molar-refractivity contribution in [3.05, 3.63) is 0 Å². The molecule has 4 atom stereocenters. The van der Waals surface area contributed by atoms with Gasteiger partial charge < -0.3 is 30.9 Å². The molecule has 2 rings (SSSR count). The number of rotatable bonds is 3. The van der Waals surface area contributed by atoms with E-state index >= 15 is 0 Å². The average molecular weight is 524 g/mol. The second-order valence-electron chi connectivity index (χ2n) is 10.3. The largest absolute Gasteiger partial charge is 0.375 e. The van der Waals surface area contributed by atoms with E-state index in [-0.39, 0.29) is 56.1 Å². The van der Waals surface area contributed by atoms with Crippen molar-refractivity contribution in [2.75, 3.05) is 33.3 Å². The standard InChI is InChI=1S/C26H45N5O6/c1-5-10-20-25(35)29-14-22(33)27-13-21(32)28-15-23(34)30-18(3)24(19-11-8-6-7-9-12-19)37-16-17(2)26(36)31(20)4/h17-20,24H,5-16H2,1-4H3,(H,27,33)(H,28,32)(H,29,35)(H,30,34). The fourth-order valence-corrected chi connectivity index (χ4v) is 5.09. The van der Waals surface area contributed by atoms with Gasteiger partial charge in [0.1, 0.15) is 6.04 Å². The second-order valence-corrected chi connectivity index (χ2v) is 10.3. The van der Waals surface area contributed by atoms with E-state index in [0.717, 1.165) is 25.7 Å². The lowest BCUT2D eigenvalue weighted by Crippen LogP contribution is -2.51. The van der Waals surface area contributed by atoms with Crippen LogP contribution in [0.2, 0.25) is 0 Å². The van der Waals surface area contributed by atoms with E-state index in [1.807, 2.05) is 13.8 Å². The van der Waals surface area contributed by atoms with Crippen LogP contribution in [0.5, 0.6) is 0 Å². The van der Waals surface area contributed by atoms with Crippen molar-refractivity contribution in [1.82, 2.24) is 26.2 Å². The summed E-state index contributed by atoms with van der Waals surface area (Å²) in [7, 11) is 1.59. The zero-order chi connectivity index (χ0) is 27.4. The zero-order valence-electron chi connectivity index (χ0n) is 22.8. The minimum Gasteiger partial charge on any atom is -0.375 e. The molecule has 0 aromatic heterocycles. The molecule has 1 aliphatic carbocycles. The second kappa shape index (κ2) is 15.5. The number of carbonyl (C=O) groups is 5. The molecule has 210 valence electrons. The van der Waals surface area contributed by atoms with Crippen molar-refractivity contribution in [3.8, 4) is 0 Å². The van der Waals surface area contributed by atoms with Crippen LogP contribution >= 0.6 is 0 Å². The first kappa shape index (κ1) is 30.5. The summed E-state index contributed by atoms with van der Waals surface area (Å²) in [6, 6.07) is -1.05. The number of carbonyl (C=O) groups excluding carboxylic acids is 5. The van der Waals surface area contributed by atoms with E-state index in [1.54, 1.807) is 14.0 Å². The van der Waals surface area contributed by atoms with E-state index in [4.69, 9.17) is 4.74 Å². The number of hydrogen-bond acceptors (Lipinski definition) is 6. The van der Waals surface area contributed by atoms with Gasteiger partial charge in [-0.15, -0.1) is 0 Å². The number of likely N-dealkylation sites (N-methyl/N-ethyl adjacent to an activating group) is 1. The van der Waals surface area contributed by atoms with Crippen LogP contribution in [-0.2, 0) is 28.7 Å². The van der Waals surface area contributed by atoms with Crippen LogP contribution in [0.3, 0.4) is 0 Å². The van der Waals surface area contributed by atoms with Gasteiger partial charge in [0.15, 0.2) is 0 Å². The Labute approximate surface area is 220 Å². The normalized spacial score (nSPS) is 29.1. The minimum absolute atomic E-state index is 0.157. The predicted molar refractivity (Wildman–Crippen MR) is 138 cm³/mol. The molecule has 1 saturated heterocycles. The summed E-state index contributed by atoms with van der Waals surface area (Å²) < 4.78 is 6.35. The highest BCUT2D eigenvalue weighted by molar-refractivity contribution is 5.92. The maximum Gasteiger partial charge on any atom is 0.243 e. The van der Waals surface area contributed by atoms with Gasteiger partial charge in [0, 0.05) is 7.05 Å². The molecular weight excluding hydrogens is 478 g/mol. The first-order valence-corrected chi connectivity index (χ1v) is 13.6. The van der Waals surface area contributed by atoms with Crippen LogP contribution in [0.1, 0.15) is 72.1 Å². The van der Waals surface area contributed by atoms with Gasteiger partial charge in [-0.2, -0.15) is 0 Å². The molecule has 0 aromatic rings. The van der Waals surface area contributed by atoms with Crippen molar-refractivity contribution < 1.29 is 28.7 Å². The maximum atomic E-state index is 13.3. The molecule has 2 fully saturated rings. The Kier molecular flexibility index (Phi) is 12.8. The van der Waals surface area contributed by atoms with Gasteiger partial charge in [-0.1, -0.05) is 46.0 Å². The monoisotopic (exact) mass is 523 g/mol. The van der Waals surface area contributed by atoms with Crippen LogP contribution in [0.4, 0.5) is 0 Å². The fourth-order valence-electron chi connectivity index (χ4n) is 5.09. The Bertz CT molecular complexity index is 798. The molecule has 37 heavy (non-hydrogen) atoms. The minimum atomic E-state index is -0.728. The van der Waals surface area contributed by atoms with E-state index in [1.165, 1.54) is 17.7 Å². The Hall–Kier alpha value is -2.69. The van der Waals surface area contributed by atoms with Crippen molar-refractivity contribution in [3.63, 3.8) is 0 Å². The maximum absolute atomic E-state index is 13.3. The molecule has 11 heteroatoms. The smallest absolute Gasteiger partial charge is 0.243 e. The number of amides is 5. The summed E-state index contributed by atoms with van der Waals surface area (Å²) in [4.78, 5) is 64.3. The third-order valence-corrected chi connectivity index (χ3v) is 7.20. The number of nitrogens with one attached hydrogen (secondary N) is 4. The van der Waals surface area contributed by atoms with E-state index < -0.39 is 29.7 Å². The Morgan fingerprint density at radius 1 is 0.838 bits per heavy atom. The SMILES string of the molecule is CCCC1C(=O)NCC(=O)NCC(=O)NCC(=O)NC(C)C(C2CCCCCC2)OCC(C)C(=O)N1C. The molecule has 1 aliphatic heterocycles. The van der Waals surface area contributed by atoms with Crippen LogP contribution < -0.4 is 21.3 Å².